The standard InChI is InChI=1S/C29H19N3O4/c33-16-9-10-23(26(36)15-16)29-31-27(21-11-13-24(34)19-7-3-1-5-17(19)21)30-28(32-29)22-12-14-25(35)20-8-4-2-6-18(20)22/h1-15,33-36H. The van der Waals surface area contributed by atoms with Gasteiger partial charge in [-0.15, -0.1) is 0 Å². The number of benzene rings is 5. The Hall–Kier alpha value is -5.17. The molecule has 0 aliphatic heterocycles. The van der Waals surface area contributed by atoms with Crippen molar-refractivity contribution < 1.29 is 20.4 Å². The average molecular weight is 473 g/mol. The predicted octanol–water partition coefficient (Wildman–Crippen LogP) is 6.00. The number of phenols is 4. The molecule has 174 valence electrons. The molecule has 0 spiro atoms. The van der Waals surface area contributed by atoms with Gasteiger partial charge in [0.15, 0.2) is 17.5 Å². The summed E-state index contributed by atoms with van der Waals surface area (Å²) >= 11 is 0. The third kappa shape index (κ3) is 3.50. The van der Waals surface area contributed by atoms with E-state index in [-0.39, 0.29) is 28.8 Å². The Morgan fingerprint density at radius 1 is 0.389 bits per heavy atom. The molecule has 0 aliphatic rings. The number of phenolic OH excluding ortho intramolecular Hbond substituents is 4. The largest absolute Gasteiger partial charge is 0.508 e. The molecule has 0 bridgehead atoms. The van der Waals surface area contributed by atoms with Gasteiger partial charge in [0.2, 0.25) is 0 Å². The number of nitrogens with zero attached hydrogens (tertiary/aromatic N) is 3. The van der Waals surface area contributed by atoms with Crippen molar-refractivity contribution in [2.45, 2.75) is 0 Å². The van der Waals surface area contributed by atoms with E-state index in [1.807, 2.05) is 48.5 Å². The van der Waals surface area contributed by atoms with Crippen LogP contribution in [0.15, 0.2) is 91.0 Å². The second kappa shape index (κ2) is 8.25. The zero-order valence-corrected chi connectivity index (χ0v) is 18.8. The highest BCUT2D eigenvalue weighted by Gasteiger charge is 2.18. The quantitative estimate of drug-likeness (QED) is 0.249. The second-order valence-electron chi connectivity index (χ2n) is 8.36. The van der Waals surface area contributed by atoms with Gasteiger partial charge >= 0.3 is 0 Å². The molecule has 7 nitrogen and oxygen atoms in total. The Labute approximate surface area is 205 Å². The molecule has 1 heterocycles. The van der Waals surface area contributed by atoms with E-state index in [0.717, 1.165) is 10.8 Å². The van der Waals surface area contributed by atoms with Crippen molar-refractivity contribution in [1.82, 2.24) is 15.0 Å². The SMILES string of the molecule is Oc1ccc(-c2nc(-c3ccc(O)c4ccccc34)nc(-c3ccc(O)c4ccccc34)n2)c(O)c1. The van der Waals surface area contributed by atoms with Crippen molar-refractivity contribution in [2.75, 3.05) is 0 Å². The number of hydrogen-bond donors (Lipinski definition) is 4. The Morgan fingerprint density at radius 3 is 1.28 bits per heavy atom. The van der Waals surface area contributed by atoms with E-state index in [2.05, 4.69) is 9.97 Å². The summed E-state index contributed by atoms with van der Waals surface area (Å²) in [5.41, 5.74) is 1.67. The van der Waals surface area contributed by atoms with Gasteiger partial charge in [0, 0.05) is 28.0 Å². The van der Waals surface area contributed by atoms with Crippen molar-refractivity contribution in [3.63, 3.8) is 0 Å². The summed E-state index contributed by atoms with van der Waals surface area (Å²) in [4.78, 5) is 14.1. The maximum atomic E-state index is 10.6. The number of aromatic hydroxyl groups is 4. The van der Waals surface area contributed by atoms with Crippen LogP contribution in [-0.2, 0) is 0 Å². The molecule has 0 saturated carbocycles. The van der Waals surface area contributed by atoms with Crippen LogP contribution in [0.1, 0.15) is 0 Å². The summed E-state index contributed by atoms with van der Waals surface area (Å²) in [6, 6.07) is 25.7. The first-order valence-electron chi connectivity index (χ1n) is 11.2. The van der Waals surface area contributed by atoms with Crippen molar-refractivity contribution in [3.05, 3.63) is 91.0 Å². The van der Waals surface area contributed by atoms with Crippen LogP contribution in [0.5, 0.6) is 23.0 Å². The summed E-state index contributed by atoms with van der Waals surface area (Å²) in [5, 5.41) is 43.9. The van der Waals surface area contributed by atoms with E-state index in [0.29, 0.717) is 39.1 Å². The van der Waals surface area contributed by atoms with Gasteiger partial charge in [-0.1, -0.05) is 48.5 Å². The average Bonchev–Trinajstić information content (AvgIpc) is 2.89. The summed E-state index contributed by atoms with van der Waals surface area (Å²) in [6.45, 7) is 0. The van der Waals surface area contributed by atoms with Gasteiger partial charge in [-0.3, -0.25) is 0 Å². The highest BCUT2D eigenvalue weighted by atomic mass is 16.3. The molecule has 36 heavy (non-hydrogen) atoms. The van der Waals surface area contributed by atoms with Crippen molar-refractivity contribution in [1.29, 1.82) is 0 Å². The summed E-state index contributed by atoms with van der Waals surface area (Å²) in [5.74, 6) is 0.923. The normalized spacial score (nSPS) is 11.2. The molecule has 0 unspecified atom stereocenters. The second-order valence-corrected chi connectivity index (χ2v) is 8.36. The molecule has 0 radical (unpaired) electrons. The molecule has 6 rings (SSSR count). The highest BCUT2D eigenvalue weighted by molar-refractivity contribution is 6.00. The van der Waals surface area contributed by atoms with E-state index < -0.39 is 0 Å². The van der Waals surface area contributed by atoms with E-state index in [1.165, 1.54) is 18.2 Å². The molecular formula is C29H19N3O4. The smallest absolute Gasteiger partial charge is 0.167 e. The number of fused-ring (bicyclic) bond motifs is 2. The molecule has 0 atom stereocenters. The fraction of sp³-hybridized carbons (Fsp3) is 0. The molecule has 4 N–H and O–H groups in total. The predicted molar refractivity (Wildman–Crippen MR) is 138 cm³/mol. The van der Waals surface area contributed by atoms with Gasteiger partial charge in [-0.2, -0.15) is 0 Å². The molecule has 6 aromatic rings. The lowest BCUT2D eigenvalue weighted by Crippen LogP contribution is -2.01. The Kier molecular flexibility index (Phi) is 4.90. The van der Waals surface area contributed by atoms with Crippen molar-refractivity contribution >= 4 is 21.5 Å². The minimum absolute atomic E-state index is 0.0835. The first kappa shape index (κ1) is 21.4. The first-order valence-corrected chi connectivity index (χ1v) is 11.2. The number of hydrogen-bond acceptors (Lipinski definition) is 7. The minimum atomic E-state index is -0.177. The summed E-state index contributed by atoms with van der Waals surface area (Å²) < 4.78 is 0. The van der Waals surface area contributed by atoms with Crippen molar-refractivity contribution in [3.8, 4) is 57.2 Å². The van der Waals surface area contributed by atoms with Crippen LogP contribution < -0.4 is 0 Å². The molecule has 1 aromatic heterocycles. The molecular weight excluding hydrogens is 454 g/mol. The van der Waals surface area contributed by atoms with Gasteiger partial charge in [0.1, 0.15) is 23.0 Å². The van der Waals surface area contributed by atoms with Gasteiger partial charge in [-0.25, -0.2) is 15.0 Å². The fourth-order valence-electron chi connectivity index (χ4n) is 4.40. The minimum Gasteiger partial charge on any atom is -0.508 e. The van der Waals surface area contributed by atoms with E-state index in [1.54, 1.807) is 24.3 Å². The summed E-state index contributed by atoms with van der Waals surface area (Å²) in [7, 11) is 0. The van der Waals surface area contributed by atoms with Gasteiger partial charge in [-0.05, 0) is 47.2 Å². The van der Waals surface area contributed by atoms with Crippen LogP contribution in [0, 0.1) is 0 Å². The van der Waals surface area contributed by atoms with Crippen LogP contribution in [0.2, 0.25) is 0 Å². The monoisotopic (exact) mass is 473 g/mol. The Balaban J connectivity index is 1.68. The topological polar surface area (TPSA) is 120 Å². The van der Waals surface area contributed by atoms with Crippen LogP contribution in [0.25, 0.3) is 55.7 Å². The maximum Gasteiger partial charge on any atom is 0.167 e. The first-order chi connectivity index (χ1) is 17.5. The molecule has 0 saturated heterocycles. The maximum absolute atomic E-state index is 10.6. The van der Waals surface area contributed by atoms with E-state index >= 15 is 0 Å². The Morgan fingerprint density at radius 2 is 0.806 bits per heavy atom. The summed E-state index contributed by atoms with van der Waals surface area (Å²) in [6.07, 6.45) is 0. The van der Waals surface area contributed by atoms with E-state index in [9.17, 15) is 20.4 Å². The van der Waals surface area contributed by atoms with Gasteiger partial charge in [0.25, 0.3) is 0 Å². The highest BCUT2D eigenvalue weighted by Crippen LogP contribution is 2.38. The molecule has 7 heteroatoms. The molecule has 0 amide bonds. The van der Waals surface area contributed by atoms with Crippen LogP contribution >= 0.6 is 0 Å². The van der Waals surface area contributed by atoms with Crippen LogP contribution in [-0.4, -0.2) is 35.4 Å². The van der Waals surface area contributed by atoms with Crippen molar-refractivity contribution in [2.24, 2.45) is 0 Å². The van der Waals surface area contributed by atoms with E-state index in [4.69, 9.17) is 4.98 Å². The number of aromatic nitrogens is 3. The molecule has 0 aliphatic carbocycles. The zero-order valence-electron chi connectivity index (χ0n) is 18.8. The molecule has 0 fully saturated rings. The van der Waals surface area contributed by atoms with Gasteiger partial charge in [0.05, 0.1) is 5.56 Å². The third-order valence-corrected chi connectivity index (χ3v) is 6.14. The Bertz CT molecular complexity index is 1700. The van der Waals surface area contributed by atoms with Crippen LogP contribution in [0.3, 0.4) is 0 Å². The lowest BCUT2D eigenvalue weighted by Gasteiger charge is -2.13. The van der Waals surface area contributed by atoms with Gasteiger partial charge < -0.3 is 20.4 Å². The fourth-order valence-corrected chi connectivity index (χ4v) is 4.40. The molecule has 5 aromatic carbocycles. The third-order valence-electron chi connectivity index (χ3n) is 6.14. The lowest BCUT2D eigenvalue weighted by atomic mass is 10.0. The van der Waals surface area contributed by atoms with Crippen LogP contribution in [0.4, 0.5) is 0 Å². The lowest BCUT2D eigenvalue weighted by molar-refractivity contribution is 0.451. The number of rotatable bonds is 3. The zero-order chi connectivity index (χ0) is 24.8.